The first-order valence-corrected chi connectivity index (χ1v) is 11.6. The van der Waals surface area contributed by atoms with Gasteiger partial charge in [0.25, 0.3) is 10.0 Å². The molecule has 0 saturated heterocycles. The van der Waals surface area contributed by atoms with Crippen molar-refractivity contribution in [1.29, 1.82) is 0 Å². The first-order valence-electron chi connectivity index (χ1n) is 9.72. The molecular formula is C23H23ClN2O4S. The summed E-state index contributed by atoms with van der Waals surface area (Å²) in [6.07, 6.45) is 2.37. The molecule has 6 nitrogen and oxygen atoms in total. The molecule has 0 saturated carbocycles. The van der Waals surface area contributed by atoms with Gasteiger partial charge < -0.3 is 9.57 Å². The van der Waals surface area contributed by atoms with Crippen LogP contribution in [0.1, 0.15) is 18.1 Å². The highest BCUT2D eigenvalue weighted by atomic mass is 35.5. The molecule has 0 aliphatic carbocycles. The van der Waals surface area contributed by atoms with E-state index in [2.05, 4.69) is 9.88 Å². The normalized spacial score (nSPS) is 11.4. The predicted molar refractivity (Wildman–Crippen MR) is 124 cm³/mol. The molecule has 0 bridgehead atoms. The summed E-state index contributed by atoms with van der Waals surface area (Å²) in [7, 11) is -3.79. The van der Waals surface area contributed by atoms with Crippen molar-refractivity contribution in [1.82, 2.24) is 0 Å². The number of hydrogen-bond donors (Lipinski definition) is 1. The van der Waals surface area contributed by atoms with Crippen LogP contribution in [0.15, 0.2) is 82.8 Å². The van der Waals surface area contributed by atoms with Crippen LogP contribution in [0.5, 0.6) is 5.75 Å². The third kappa shape index (κ3) is 6.73. The maximum absolute atomic E-state index is 12.6. The van der Waals surface area contributed by atoms with Gasteiger partial charge in [0.1, 0.15) is 17.3 Å². The van der Waals surface area contributed by atoms with Crippen LogP contribution in [0.3, 0.4) is 0 Å². The van der Waals surface area contributed by atoms with Crippen LogP contribution in [0.4, 0.5) is 5.69 Å². The van der Waals surface area contributed by atoms with Crippen molar-refractivity contribution in [3.63, 3.8) is 0 Å². The first-order chi connectivity index (χ1) is 15.0. The topological polar surface area (TPSA) is 77.0 Å². The number of nitrogens with one attached hydrogen (secondary N) is 1. The highest BCUT2D eigenvalue weighted by molar-refractivity contribution is 7.92. The number of benzene rings is 3. The van der Waals surface area contributed by atoms with Crippen LogP contribution in [0.25, 0.3) is 0 Å². The molecule has 162 valence electrons. The Hall–Kier alpha value is -3.03. The van der Waals surface area contributed by atoms with Gasteiger partial charge in [0, 0.05) is 12.5 Å². The van der Waals surface area contributed by atoms with E-state index >= 15 is 0 Å². The molecule has 3 aromatic carbocycles. The molecule has 0 radical (unpaired) electrons. The Morgan fingerprint density at radius 2 is 1.81 bits per heavy atom. The summed E-state index contributed by atoms with van der Waals surface area (Å²) in [5, 5.41) is 4.01. The average Bonchev–Trinajstić information content (AvgIpc) is 2.75. The summed E-state index contributed by atoms with van der Waals surface area (Å²) < 4.78 is 33.5. The lowest BCUT2D eigenvalue weighted by atomic mass is 10.1. The molecule has 0 unspecified atom stereocenters. The van der Waals surface area contributed by atoms with Gasteiger partial charge in [0.15, 0.2) is 0 Å². The SMILES string of the molecule is CCO/N=C/c1ccc(CCOc2cccc(NS(=O)(=O)c3ccccc3Cl)c2)cc1. The molecule has 0 heterocycles. The largest absolute Gasteiger partial charge is 0.493 e. The van der Waals surface area contributed by atoms with Gasteiger partial charge in [-0.2, -0.15) is 0 Å². The predicted octanol–water partition coefficient (Wildman–Crippen LogP) is 5.13. The Balaban J connectivity index is 1.57. The van der Waals surface area contributed by atoms with Gasteiger partial charge in [-0.25, -0.2) is 8.42 Å². The minimum atomic E-state index is -3.79. The second-order valence-electron chi connectivity index (χ2n) is 6.56. The van der Waals surface area contributed by atoms with Gasteiger partial charge in [0.2, 0.25) is 0 Å². The highest BCUT2D eigenvalue weighted by Crippen LogP contribution is 2.25. The molecular weight excluding hydrogens is 436 g/mol. The van der Waals surface area contributed by atoms with Gasteiger partial charge in [-0.05, 0) is 42.3 Å². The van der Waals surface area contributed by atoms with Crippen molar-refractivity contribution in [2.45, 2.75) is 18.2 Å². The number of ether oxygens (including phenoxy) is 1. The van der Waals surface area contributed by atoms with E-state index in [1.54, 1.807) is 42.6 Å². The molecule has 3 aromatic rings. The summed E-state index contributed by atoms with van der Waals surface area (Å²) in [4.78, 5) is 4.98. The second kappa shape index (κ2) is 10.8. The molecule has 31 heavy (non-hydrogen) atoms. The van der Waals surface area contributed by atoms with Crippen LogP contribution in [-0.2, 0) is 21.3 Å². The third-order valence-corrected chi connectivity index (χ3v) is 6.14. The van der Waals surface area contributed by atoms with E-state index in [4.69, 9.17) is 21.2 Å². The summed E-state index contributed by atoms with van der Waals surface area (Å²) in [5.74, 6) is 0.569. The van der Waals surface area contributed by atoms with Crippen LogP contribution >= 0.6 is 11.6 Å². The quantitative estimate of drug-likeness (QED) is 0.337. The fraction of sp³-hybridized carbons (Fsp3) is 0.174. The zero-order chi connectivity index (χ0) is 22.1. The van der Waals surface area contributed by atoms with Crippen molar-refractivity contribution in [3.8, 4) is 5.75 Å². The Morgan fingerprint density at radius 3 is 2.55 bits per heavy atom. The third-order valence-electron chi connectivity index (χ3n) is 4.26. The lowest BCUT2D eigenvalue weighted by Gasteiger charge is -2.11. The summed E-state index contributed by atoms with van der Waals surface area (Å²) in [5.41, 5.74) is 2.47. The maximum atomic E-state index is 12.6. The summed E-state index contributed by atoms with van der Waals surface area (Å²) >= 11 is 6.02. The van der Waals surface area contributed by atoms with Crippen molar-refractivity contribution in [2.24, 2.45) is 5.16 Å². The van der Waals surface area contributed by atoms with Gasteiger partial charge in [-0.15, -0.1) is 0 Å². The van der Waals surface area contributed by atoms with Crippen LogP contribution in [-0.4, -0.2) is 27.8 Å². The summed E-state index contributed by atoms with van der Waals surface area (Å²) in [6.45, 7) is 2.87. The lowest BCUT2D eigenvalue weighted by Crippen LogP contribution is -2.13. The smallest absolute Gasteiger partial charge is 0.263 e. The molecule has 0 aromatic heterocycles. The van der Waals surface area contributed by atoms with Crippen molar-refractivity contribution in [3.05, 3.63) is 88.9 Å². The zero-order valence-corrected chi connectivity index (χ0v) is 18.6. The maximum Gasteiger partial charge on any atom is 0.263 e. The number of oxime groups is 1. The lowest BCUT2D eigenvalue weighted by molar-refractivity contribution is 0.160. The van der Waals surface area contributed by atoms with Crippen molar-refractivity contribution >= 4 is 33.5 Å². The fourth-order valence-electron chi connectivity index (χ4n) is 2.75. The van der Waals surface area contributed by atoms with E-state index in [-0.39, 0.29) is 9.92 Å². The van der Waals surface area contributed by atoms with Crippen LogP contribution < -0.4 is 9.46 Å². The minimum absolute atomic E-state index is 0.0257. The Morgan fingerprint density at radius 1 is 1.03 bits per heavy atom. The minimum Gasteiger partial charge on any atom is -0.493 e. The molecule has 0 aliphatic heterocycles. The van der Waals surface area contributed by atoms with Gasteiger partial charge >= 0.3 is 0 Å². The summed E-state index contributed by atoms with van der Waals surface area (Å²) in [6, 6.07) is 21.0. The number of nitrogens with zero attached hydrogens (tertiary/aromatic N) is 1. The molecule has 0 amide bonds. The molecule has 0 fully saturated rings. The monoisotopic (exact) mass is 458 g/mol. The number of rotatable bonds is 10. The molecule has 0 atom stereocenters. The van der Waals surface area contributed by atoms with Gasteiger partial charge in [0.05, 0.1) is 23.5 Å². The Kier molecular flexibility index (Phi) is 7.92. The fourth-order valence-corrected chi connectivity index (χ4v) is 4.32. The van der Waals surface area contributed by atoms with Gasteiger partial charge in [-0.1, -0.05) is 59.2 Å². The van der Waals surface area contributed by atoms with E-state index in [0.717, 1.165) is 11.1 Å². The van der Waals surface area contributed by atoms with E-state index in [1.807, 2.05) is 31.2 Å². The van der Waals surface area contributed by atoms with Crippen molar-refractivity contribution < 1.29 is 18.0 Å². The van der Waals surface area contributed by atoms with E-state index in [9.17, 15) is 8.42 Å². The first kappa shape index (κ1) is 22.7. The molecule has 8 heteroatoms. The average molecular weight is 459 g/mol. The second-order valence-corrected chi connectivity index (χ2v) is 8.61. The Bertz CT molecular complexity index is 1130. The van der Waals surface area contributed by atoms with Crippen LogP contribution in [0, 0.1) is 0 Å². The van der Waals surface area contributed by atoms with Gasteiger partial charge in [-0.3, -0.25) is 4.72 Å². The molecule has 1 N–H and O–H groups in total. The van der Waals surface area contributed by atoms with E-state index in [1.165, 1.54) is 12.1 Å². The number of anilines is 1. The zero-order valence-electron chi connectivity index (χ0n) is 17.0. The number of hydrogen-bond acceptors (Lipinski definition) is 5. The van der Waals surface area contributed by atoms with E-state index < -0.39 is 10.0 Å². The molecule has 0 spiro atoms. The van der Waals surface area contributed by atoms with E-state index in [0.29, 0.717) is 31.1 Å². The Labute approximate surface area is 187 Å². The molecule has 3 rings (SSSR count). The van der Waals surface area contributed by atoms with Crippen LogP contribution in [0.2, 0.25) is 5.02 Å². The standard InChI is InChI=1S/C23H23ClN2O4S/c1-2-30-25-17-19-12-10-18(11-13-19)14-15-29-21-7-5-6-20(16-21)26-31(27,28)23-9-4-3-8-22(23)24/h3-13,16-17,26H,2,14-15H2,1H3/b25-17+. The molecule has 0 aliphatic rings. The number of halogens is 1. The highest BCUT2D eigenvalue weighted by Gasteiger charge is 2.17. The van der Waals surface area contributed by atoms with Crippen molar-refractivity contribution in [2.75, 3.05) is 17.9 Å². The number of sulfonamides is 1.